The van der Waals surface area contributed by atoms with Gasteiger partial charge >= 0.3 is 0 Å². The standard InChI is InChI=1S/C17H21ClN2O/c1-13(2)5-4-6-14(3)11-12-19-20-17(21)15-7-9-16(18)10-8-15/h5,7-12H,4,6H2,1-3H3,(H,20,21)/b14-11-,19-12+. The van der Waals surface area contributed by atoms with Crippen molar-refractivity contribution in [2.75, 3.05) is 0 Å². The average molecular weight is 305 g/mol. The van der Waals surface area contributed by atoms with Crippen molar-refractivity contribution in [3.8, 4) is 0 Å². The summed E-state index contributed by atoms with van der Waals surface area (Å²) in [5.74, 6) is -0.251. The predicted molar refractivity (Wildman–Crippen MR) is 89.8 cm³/mol. The Morgan fingerprint density at radius 2 is 1.90 bits per heavy atom. The number of benzene rings is 1. The summed E-state index contributed by atoms with van der Waals surface area (Å²) in [6.07, 6.45) is 7.72. The molecule has 1 N–H and O–H groups in total. The van der Waals surface area contributed by atoms with Crippen molar-refractivity contribution in [3.63, 3.8) is 0 Å². The molecule has 0 aromatic heterocycles. The minimum atomic E-state index is -0.251. The number of carbonyl (C=O) groups excluding carboxylic acids is 1. The predicted octanol–water partition coefficient (Wildman–Crippen LogP) is 4.75. The van der Waals surface area contributed by atoms with E-state index in [-0.39, 0.29) is 5.91 Å². The highest BCUT2D eigenvalue weighted by molar-refractivity contribution is 6.30. The first kappa shape index (κ1) is 17.2. The van der Waals surface area contributed by atoms with Crippen LogP contribution in [-0.2, 0) is 0 Å². The van der Waals surface area contributed by atoms with Crippen LogP contribution < -0.4 is 5.43 Å². The molecule has 4 heteroatoms. The summed E-state index contributed by atoms with van der Waals surface area (Å²) in [5, 5.41) is 4.51. The molecule has 0 fully saturated rings. The molecule has 1 amide bonds. The second-order valence-corrected chi connectivity index (χ2v) is 5.50. The van der Waals surface area contributed by atoms with E-state index < -0.39 is 0 Å². The van der Waals surface area contributed by atoms with Gasteiger partial charge in [0.25, 0.3) is 5.91 Å². The van der Waals surface area contributed by atoms with Crippen molar-refractivity contribution < 1.29 is 4.79 Å². The van der Waals surface area contributed by atoms with E-state index in [2.05, 4.69) is 30.5 Å². The molecule has 112 valence electrons. The molecule has 1 aromatic rings. The zero-order chi connectivity index (χ0) is 15.7. The van der Waals surface area contributed by atoms with E-state index in [1.54, 1.807) is 30.5 Å². The Morgan fingerprint density at radius 1 is 1.24 bits per heavy atom. The van der Waals surface area contributed by atoms with Crippen molar-refractivity contribution in [1.29, 1.82) is 0 Å². The Hall–Kier alpha value is -1.87. The molecule has 0 aliphatic heterocycles. The molecule has 0 atom stereocenters. The van der Waals surface area contributed by atoms with Crippen LogP contribution in [0.5, 0.6) is 0 Å². The summed E-state index contributed by atoms with van der Waals surface area (Å²) in [6, 6.07) is 6.67. The van der Waals surface area contributed by atoms with Crippen LogP contribution in [0.3, 0.4) is 0 Å². The number of hydrazone groups is 1. The van der Waals surface area contributed by atoms with E-state index in [1.165, 1.54) is 11.1 Å². The number of allylic oxidation sites excluding steroid dienone is 4. The van der Waals surface area contributed by atoms with Gasteiger partial charge in [-0.25, -0.2) is 5.43 Å². The number of nitrogens with one attached hydrogen (secondary N) is 1. The van der Waals surface area contributed by atoms with Crippen LogP contribution in [0.1, 0.15) is 44.0 Å². The molecule has 0 unspecified atom stereocenters. The van der Waals surface area contributed by atoms with Crippen LogP contribution in [-0.4, -0.2) is 12.1 Å². The van der Waals surface area contributed by atoms with Crippen molar-refractivity contribution in [1.82, 2.24) is 5.43 Å². The maximum absolute atomic E-state index is 11.8. The van der Waals surface area contributed by atoms with E-state index in [1.807, 2.05) is 13.0 Å². The van der Waals surface area contributed by atoms with Crippen LogP contribution in [0, 0.1) is 0 Å². The lowest BCUT2D eigenvalue weighted by molar-refractivity contribution is 0.0955. The first-order valence-corrected chi connectivity index (χ1v) is 7.25. The van der Waals surface area contributed by atoms with E-state index in [4.69, 9.17) is 11.6 Å². The van der Waals surface area contributed by atoms with Crippen LogP contribution >= 0.6 is 11.6 Å². The number of rotatable bonds is 6. The number of nitrogens with zero attached hydrogens (tertiary/aromatic N) is 1. The molecule has 0 bridgehead atoms. The summed E-state index contributed by atoms with van der Waals surface area (Å²) in [7, 11) is 0. The highest BCUT2D eigenvalue weighted by Crippen LogP contribution is 2.09. The molecule has 0 spiro atoms. The fraction of sp³-hybridized carbons (Fsp3) is 0.294. The van der Waals surface area contributed by atoms with Gasteiger partial charge in [0.05, 0.1) is 0 Å². The number of amides is 1. The fourth-order valence-electron chi connectivity index (χ4n) is 1.60. The van der Waals surface area contributed by atoms with Crippen LogP contribution in [0.25, 0.3) is 0 Å². The highest BCUT2D eigenvalue weighted by atomic mass is 35.5. The maximum Gasteiger partial charge on any atom is 0.271 e. The number of halogens is 1. The Morgan fingerprint density at radius 3 is 2.52 bits per heavy atom. The van der Waals surface area contributed by atoms with Crippen LogP contribution in [0.2, 0.25) is 5.02 Å². The fourth-order valence-corrected chi connectivity index (χ4v) is 1.72. The molecule has 0 aliphatic rings. The molecule has 21 heavy (non-hydrogen) atoms. The molecular weight excluding hydrogens is 284 g/mol. The van der Waals surface area contributed by atoms with Gasteiger partial charge in [-0.05, 0) is 64.0 Å². The third-order valence-corrected chi connectivity index (χ3v) is 3.05. The van der Waals surface area contributed by atoms with Crippen molar-refractivity contribution in [3.05, 3.63) is 58.1 Å². The van der Waals surface area contributed by atoms with Crippen molar-refractivity contribution in [2.45, 2.75) is 33.6 Å². The first-order chi connectivity index (χ1) is 9.99. The lowest BCUT2D eigenvalue weighted by Gasteiger charge is -1.99. The second-order valence-electron chi connectivity index (χ2n) is 5.06. The number of carbonyl (C=O) groups is 1. The molecular formula is C17H21ClN2O. The van der Waals surface area contributed by atoms with Gasteiger partial charge in [-0.1, -0.05) is 28.8 Å². The van der Waals surface area contributed by atoms with Gasteiger partial charge in [-0.2, -0.15) is 5.10 Å². The summed E-state index contributed by atoms with van der Waals surface area (Å²) in [4.78, 5) is 11.8. The summed E-state index contributed by atoms with van der Waals surface area (Å²) in [6.45, 7) is 6.23. The van der Waals surface area contributed by atoms with E-state index in [0.29, 0.717) is 10.6 Å². The van der Waals surface area contributed by atoms with E-state index in [9.17, 15) is 4.79 Å². The zero-order valence-electron chi connectivity index (χ0n) is 12.7. The Kier molecular flexibility index (Phi) is 7.48. The average Bonchev–Trinajstić information content (AvgIpc) is 2.43. The topological polar surface area (TPSA) is 41.5 Å². The maximum atomic E-state index is 11.8. The largest absolute Gasteiger partial charge is 0.271 e. The molecule has 1 aromatic carbocycles. The second kappa shape index (κ2) is 9.14. The molecule has 0 radical (unpaired) electrons. The smallest absolute Gasteiger partial charge is 0.267 e. The van der Waals surface area contributed by atoms with Gasteiger partial charge < -0.3 is 0 Å². The molecule has 1 rings (SSSR count). The summed E-state index contributed by atoms with van der Waals surface area (Å²) in [5.41, 5.74) is 5.55. The Labute approximate surface area is 131 Å². The summed E-state index contributed by atoms with van der Waals surface area (Å²) < 4.78 is 0. The molecule has 0 heterocycles. The van der Waals surface area contributed by atoms with Gasteiger partial charge in [0.1, 0.15) is 0 Å². The van der Waals surface area contributed by atoms with Crippen molar-refractivity contribution in [2.24, 2.45) is 5.10 Å². The zero-order valence-corrected chi connectivity index (χ0v) is 13.4. The van der Waals surface area contributed by atoms with Gasteiger partial charge in [0.2, 0.25) is 0 Å². The van der Waals surface area contributed by atoms with Gasteiger partial charge in [-0.15, -0.1) is 0 Å². The third-order valence-electron chi connectivity index (χ3n) is 2.80. The first-order valence-electron chi connectivity index (χ1n) is 6.87. The SMILES string of the molecule is CC(C)=CCC/C(C)=C\C=N\NC(=O)c1ccc(Cl)cc1. The van der Waals surface area contributed by atoms with E-state index >= 15 is 0 Å². The monoisotopic (exact) mass is 304 g/mol. The van der Waals surface area contributed by atoms with Gasteiger partial charge in [0, 0.05) is 16.8 Å². The number of hydrogen-bond acceptors (Lipinski definition) is 2. The molecule has 0 saturated heterocycles. The van der Waals surface area contributed by atoms with Crippen molar-refractivity contribution >= 4 is 23.7 Å². The lowest BCUT2D eigenvalue weighted by atomic mass is 10.1. The lowest BCUT2D eigenvalue weighted by Crippen LogP contribution is -2.17. The quantitative estimate of drug-likeness (QED) is 0.460. The van der Waals surface area contributed by atoms with Crippen LogP contribution in [0.4, 0.5) is 0 Å². The number of hydrogen-bond donors (Lipinski definition) is 1. The minimum Gasteiger partial charge on any atom is -0.267 e. The Balaban J connectivity index is 2.41. The Bertz CT molecular complexity index is 553. The molecule has 3 nitrogen and oxygen atoms in total. The molecule has 0 saturated carbocycles. The van der Waals surface area contributed by atoms with Gasteiger partial charge in [-0.3, -0.25) is 4.79 Å². The molecule has 0 aliphatic carbocycles. The normalized spacial score (nSPS) is 11.5. The third kappa shape index (κ3) is 7.47. The van der Waals surface area contributed by atoms with Crippen LogP contribution in [0.15, 0.2) is 52.7 Å². The highest BCUT2D eigenvalue weighted by Gasteiger charge is 2.02. The van der Waals surface area contributed by atoms with E-state index in [0.717, 1.165) is 12.8 Å². The summed E-state index contributed by atoms with van der Waals surface area (Å²) >= 11 is 5.77. The van der Waals surface area contributed by atoms with Gasteiger partial charge in [0.15, 0.2) is 0 Å². The minimum absolute atomic E-state index is 0.251.